The highest BCUT2D eigenvalue weighted by Gasteiger charge is 2.21. The Bertz CT molecular complexity index is 348. The lowest BCUT2D eigenvalue weighted by molar-refractivity contribution is 0.218. The molecule has 1 fully saturated rings. The molecule has 1 saturated heterocycles. The Labute approximate surface area is 99.4 Å². The number of thiazole rings is 1. The molecule has 1 aromatic rings. The van der Waals surface area contributed by atoms with E-state index in [2.05, 4.69) is 10.3 Å². The molecule has 0 radical (unpaired) electrons. The molecule has 1 N–H and O–H groups in total. The summed E-state index contributed by atoms with van der Waals surface area (Å²) in [6.07, 6.45) is 1.28. The first-order valence-electron chi connectivity index (χ1n) is 5.30. The predicted molar refractivity (Wildman–Crippen MR) is 64.9 cm³/mol. The minimum Gasteiger partial charge on any atom is -0.478 e. The van der Waals surface area contributed by atoms with Crippen molar-refractivity contribution in [3.05, 3.63) is 0 Å². The van der Waals surface area contributed by atoms with Crippen molar-refractivity contribution in [3.63, 3.8) is 0 Å². The van der Waals surface area contributed by atoms with E-state index in [0.717, 1.165) is 29.7 Å². The van der Waals surface area contributed by atoms with E-state index in [1.807, 2.05) is 19.0 Å². The summed E-state index contributed by atoms with van der Waals surface area (Å²) in [6.45, 7) is 1.92. The van der Waals surface area contributed by atoms with Crippen molar-refractivity contribution in [3.8, 4) is 10.9 Å². The van der Waals surface area contributed by atoms with Crippen LogP contribution >= 0.6 is 11.3 Å². The minimum atomic E-state index is 0.240. The zero-order chi connectivity index (χ0) is 11.5. The molecule has 16 heavy (non-hydrogen) atoms. The van der Waals surface area contributed by atoms with E-state index in [1.54, 1.807) is 7.11 Å². The van der Waals surface area contributed by atoms with Crippen molar-refractivity contribution in [1.29, 1.82) is 0 Å². The second-order valence-electron chi connectivity index (χ2n) is 3.92. The van der Waals surface area contributed by atoms with Gasteiger partial charge < -0.3 is 19.7 Å². The van der Waals surface area contributed by atoms with E-state index < -0.39 is 0 Å². The Kier molecular flexibility index (Phi) is 3.50. The van der Waals surface area contributed by atoms with Crippen molar-refractivity contribution in [2.45, 2.75) is 12.5 Å². The largest absolute Gasteiger partial charge is 0.478 e. The Morgan fingerprint density at radius 3 is 2.88 bits per heavy atom. The molecule has 2 rings (SSSR count). The van der Waals surface area contributed by atoms with E-state index >= 15 is 0 Å². The van der Waals surface area contributed by atoms with E-state index in [9.17, 15) is 0 Å². The number of nitrogens with one attached hydrogen (secondary N) is 1. The predicted octanol–water partition coefficient (Wildman–Crippen LogP) is 0.958. The molecule has 1 unspecified atom stereocenters. The number of nitrogens with zero attached hydrogens (tertiary/aromatic N) is 2. The third-order valence-electron chi connectivity index (χ3n) is 2.42. The number of hydrogen-bond donors (Lipinski definition) is 1. The van der Waals surface area contributed by atoms with Gasteiger partial charge in [0.2, 0.25) is 5.06 Å². The number of aromatic nitrogens is 1. The fourth-order valence-electron chi connectivity index (χ4n) is 1.56. The molecular weight excluding hydrogens is 226 g/mol. The molecule has 90 valence electrons. The average Bonchev–Trinajstić information content (AvgIpc) is 2.87. The van der Waals surface area contributed by atoms with Crippen molar-refractivity contribution in [1.82, 2.24) is 10.3 Å². The van der Waals surface area contributed by atoms with E-state index in [0.29, 0.717) is 5.88 Å². The summed E-state index contributed by atoms with van der Waals surface area (Å²) in [6, 6.07) is 0. The van der Waals surface area contributed by atoms with Crippen molar-refractivity contribution in [2.24, 2.45) is 0 Å². The van der Waals surface area contributed by atoms with Gasteiger partial charge in [-0.05, 0) is 13.0 Å². The number of ether oxygens (including phenoxy) is 2. The molecule has 0 spiro atoms. The third-order valence-corrected chi connectivity index (χ3v) is 3.52. The van der Waals surface area contributed by atoms with E-state index in [-0.39, 0.29) is 6.10 Å². The summed E-state index contributed by atoms with van der Waals surface area (Å²) >= 11 is 1.52. The average molecular weight is 243 g/mol. The Hall–Kier alpha value is -1.01. The van der Waals surface area contributed by atoms with Crippen LogP contribution in [0.3, 0.4) is 0 Å². The fourth-order valence-corrected chi connectivity index (χ4v) is 2.43. The lowest BCUT2D eigenvalue weighted by atomic mass is 10.3. The van der Waals surface area contributed by atoms with Gasteiger partial charge in [0.1, 0.15) is 6.10 Å². The van der Waals surface area contributed by atoms with Crippen LogP contribution in [-0.2, 0) is 0 Å². The monoisotopic (exact) mass is 243 g/mol. The van der Waals surface area contributed by atoms with Crippen molar-refractivity contribution < 1.29 is 9.47 Å². The molecule has 0 bridgehead atoms. The molecule has 0 aliphatic carbocycles. The molecule has 0 aromatic carbocycles. The van der Waals surface area contributed by atoms with Crippen molar-refractivity contribution >= 4 is 16.5 Å². The van der Waals surface area contributed by atoms with Gasteiger partial charge in [0, 0.05) is 20.6 Å². The standard InChI is InChI=1S/C10H17N3O2S/c1-13(2)10-12-8(14-3)9(16-10)15-7-4-5-11-6-7/h7,11H,4-6H2,1-3H3. The highest BCUT2D eigenvalue weighted by molar-refractivity contribution is 7.17. The van der Waals surface area contributed by atoms with Gasteiger partial charge in [-0.25, -0.2) is 0 Å². The maximum atomic E-state index is 5.87. The summed E-state index contributed by atoms with van der Waals surface area (Å²) in [5.74, 6) is 0.584. The highest BCUT2D eigenvalue weighted by Crippen LogP contribution is 2.38. The minimum absolute atomic E-state index is 0.240. The Morgan fingerprint density at radius 1 is 1.50 bits per heavy atom. The quantitative estimate of drug-likeness (QED) is 0.853. The molecule has 0 saturated carbocycles. The highest BCUT2D eigenvalue weighted by atomic mass is 32.1. The zero-order valence-electron chi connectivity index (χ0n) is 9.82. The number of methoxy groups -OCH3 is 1. The number of rotatable bonds is 4. The first-order chi connectivity index (χ1) is 7.70. The molecule has 1 aliphatic rings. The molecule has 1 atom stereocenters. The zero-order valence-corrected chi connectivity index (χ0v) is 10.6. The van der Waals surface area contributed by atoms with Crippen LogP contribution in [0, 0.1) is 0 Å². The number of hydrogen-bond acceptors (Lipinski definition) is 6. The third kappa shape index (κ3) is 2.38. The van der Waals surface area contributed by atoms with Crippen LogP contribution in [0.2, 0.25) is 0 Å². The lowest BCUT2D eigenvalue weighted by Crippen LogP contribution is -2.19. The van der Waals surface area contributed by atoms with E-state index in [4.69, 9.17) is 9.47 Å². The normalized spacial score (nSPS) is 19.8. The second-order valence-corrected chi connectivity index (χ2v) is 4.86. The van der Waals surface area contributed by atoms with Gasteiger partial charge in [-0.15, -0.1) is 0 Å². The fraction of sp³-hybridized carbons (Fsp3) is 0.700. The Balaban J connectivity index is 2.11. The van der Waals surface area contributed by atoms with Gasteiger partial charge in [0.05, 0.1) is 7.11 Å². The molecule has 2 heterocycles. The maximum Gasteiger partial charge on any atom is 0.270 e. The topological polar surface area (TPSA) is 46.6 Å². The first kappa shape index (κ1) is 11.5. The maximum absolute atomic E-state index is 5.87. The van der Waals surface area contributed by atoms with Crippen LogP contribution in [0.15, 0.2) is 0 Å². The molecule has 0 amide bonds. The molecule has 1 aliphatic heterocycles. The van der Waals surface area contributed by atoms with Gasteiger partial charge in [-0.1, -0.05) is 11.3 Å². The van der Waals surface area contributed by atoms with Gasteiger partial charge in [0.25, 0.3) is 5.88 Å². The van der Waals surface area contributed by atoms with Crippen LogP contribution in [0.4, 0.5) is 5.13 Å². The van der Waals surface area contributed by atoms with Crippen LogP contribution in [-0.4, -0.2) is 45.4 Å². The van der Waals surface area contributed by atoms with Gasteiger partial charge in [-0.3, -0.25) is 0 Å². The van der Waals surface area contributed by atoms with Gasteiger partial charge in [-0.2, -0.15) is 4.98 Å². The molecule has 5 nitrogen and oxygen atoms in total. The first-order valence-corrected chi connectivity index (χ1v) is 6.12. The summed E-state index contributed by atoms with van der Waals surface area (Å²) in [5, 5.41) is 4.95. The van der Waals surface area contributed by atoms with Crippen LogP contribution in [0.1, 0.15) is 6.42 Å². The van der Waals surface area contributed by atoms with Crippen LogP contribution < -0.4 is 19.7 Å². The van der Waals surface area contributed by atoms with E-state index in [1.165, 1.54) is 11.3 Å². The molecule has 6 heteroatoms. The Morgan fingerprint density at radius 2 is 2.31 bits per heavy atom. The SMILES string of the molecule is COc1nc(N(C)C)sc1OC1CCNC1. The van der Waals surface area contributed by atoms with Crippen LogP contribution in [0.25, 0.3) is 0 Å². The van der Waals surface area contributed by atoms with Crippen LogP contribution in [0.5, 0.6) is 10.9 Å². The molecule has 1 aromatic heterocycles. The summed E-state index contributed by atoms with van der Waals surface area (Å²) in [7, 11) is 5.53. The summed E-state index contributed by atoms with van der Waals surface area (Å²) in [5.41, 5.74) is 0. The van der Waals surface area contributed by atoms with Gasteiger partial charge in [0.15, 0.2) is 5.13 Å². The lowest BCUT2D eigenvalue weighted by Gasteiger charge is -2.10. The second kappa shape index (κ2) is 4.88. The van der Waals surface area contributed by atoms with Crippen molar-refractivity contribution in [2.75, 3.05) is 39.2 Å². The summed E-state index contributed by atoms with van der Waals surface area (Å²) in [4.78, 5) is 6.30. The number of anilines is 1. The smallest absolute Gasteiger partial charge is 0.270 e. The summed E-state index contributed by atoms with van der Waals surface area (Å²) < 4.78 is 11.1. The van der Waals surface area contributed by atoms with Gasteiger partial charge >= 0.3 is 0 Å². The molecular formula is C10H17N3O2S.